The fraction of sp³-hybridized carbons (Fsp3) is 1.00. The van der Waals surface area contributed by atoms with Gasteiger partial charge in [0.1, 0.15) is 0 Å². The summed E-state index contributed by atoms with van der Waals surface area (Å²) >= 11 is 0. The average molecular weight is 168 g/mol. The van der Waals surface area contributed by atoms with E-state index in [9.17, 15) is 0 Å². The van der Waals surface area contributed by atoms with E-state index in [0.717, 1.165) is 18.4 Å². The van der Waals surface area contributed by atoms with Crippen LogP contribution in [0.5, 0.6) is 0 Å². The summed E-state index contributed by atoms with van der Waals surface area (Å²) in [5, 5.41) is 3.45. The molecule has 3 unspecified atom stereocenters. The molecule has 2 rings (SSSR count). The molecule has 1 aliphatic carbocycles. The van der Waals surface area contributed by atoms with Crippen molar-refractivity contribution in [1.82, 2.24) is 5.32 Å². The number of hydrogen-bond acceptors (Lipinski definition) is 2. The predicted octanol–water partition coefficient (Wildman–Crippen LogP) is 1.11. The average Bonchev–Trinajstić information content (AvgIpc) is 2.04. The minimum atomic E-state index is 0.0589. The molecule has 12 heavy (non-hydrogen) atoms. The second-order valence-corrected chi connectivity index (χ2v) is 4.79. The highest BCUT2D eigenvalue weighted by molar-refractivity contribution is 4.98. The molecule has 3 atom stereocenters. The Kier molecular flexibility index (Phi) is 2.13. The molecular weight excluding hydrogens is 148 g/mol. The molecule has 0 radical (unpaired) electrons. The second-order valence-electron chi connectivity index (χ2n) is 4.79. The Labute approximate surface area is 74.9 Å². The van der Waals surface area contributed by atoms with Crippen molar-refractivity contribution >= 4 is 0 Å². The van der Waals surface area contributed by atoms with Crippen LogP contribution in [0.3, 0.4) is 0 Å². The summed E-state index contributed by atoms with van der Waals surface area (Å²) in [6.07, 6.45) is 5.57. The van der Waals surface area contributed by atoms with E-state index < -0.39 is 0 Å². The quantitative estimate of drug-likeness (QED) is 0.568. The van der Waals surface area contributed by atoms with Gasteiger partial charge in [0.05, 0.1) is 0 Å². The third-order valence-electron chi connectivity index (χ3n) is 3.67. The highest BCUT2D eigenvalue weighted by atomic mass is 15.0. The van der Waals surface area contributed by atoms with Crippen molar-refractivity contribution in [3.63, 3.8) is 0 Å². The zero-order chi connectivity index (χ0) is 8.60. The van der Waals surface area contributed by atoms with Crippen molar-refractivity contribution in [1.29, 1.82) is 0 Å². The number of nitrogens with one attached hydrogen (secondary N) is 1. The number of fused-ring (bicyclic) bond motifs is 1. The molecule has 2 heteroatoms. The Morgan fingerprint density at radius 1 is 1.33 bits per heavy atom. The van der Waals surface area contributed by atoms with Crippen molar-refractivity contribution in [2.45, 2.75) is 38.1 Å². The minimum Gasteiger partial charge on any atom is -0.324 e. The van der Waals surface area contributed by atoms with E-state index in [4.69, 9.17) is 5.73 Å². The minimum absolute atomic E-state index is 0.0589. The Morgan fingerprint density at radius 3 is 2.83 bits per heavy atom. The second kappa shape index (κ2) is 3.00. The van der Waals surface area contributed by atoms with Crippen LogP contribution in [-0.2, 0) is 0 Å². The van der Waals surface area contributed by atoms with Gasteiger partial charge in [-0.15, -0.1) is 0 Å². The highest BCUT2D eigenvalue weighted by Crippen LogP contribution is 2.37. The number of piperidine rings is 1. The molecular formula is C10H20N2. The Bertz CT molecular complexity index is 163. The first kappa shape index (κ1) is 8.52. The molecule has 0 aromatic carbocycles. The van der Waals surface area contributed by atoms with Gasteiger partial charge in [0.15, 0.2) is 0 Å². The van der Waals surface area contributed by atoms with E-state index in [2.05, 4.69) is 12.2 Å². The number of nitrogens with two attached hydrogens (primary N) is 1. The van der Waals surface area contributed by atoms with Crippen molar-refractivity contribution in [3.8, 4) is 0 Å². The van der Waals surface area contributed by atoms with Crippen molar-refractivity contribution in [2.24, 2.45) is 17.6 Å². The largest absolute Gasteiger partial charge is 0.324 e. The molecule has 1 aliphatic heterocycles. The molecule has 1 heterocycles. The van der Waals surface area contributed by atoms with Crippen LogP contribution in [-0.4, -0.2) is 18.6 Å². The summed E-state index contributed by atoms with van der Waals surface area (Å²) in [6, 6.07) is 0. The molecule has 70 valence electrons. The maximum atomic E-state index is 6.27. The third-order valence-corrected chi connectivity index (χ3v) is 3.67. The molecule has 1 saturated carbocycles. The van der Waals surface area contributed by atoms with Crippen LogP contribution in [0.1, 0.15) is 32.6 Å². The smallest absolute Gasteiger partial charge is 0.0283 e. The molecule has 0 aromatic heterocycles. The van der Waals surface area contributed by atoms with E-state index in [1.54, 1.807) is 0 Å². The standard InChI is InChI=1S/C10H20N2/c1-10(11)7-12-6-8-4-2-3-5-9(8)10/h8-9,12H,2-7,11H2,1H3. The lowest BCUT2D eigenvalue weighted by molar-refractivity contribution is 0.104. The number of rotatable bonds is 0. The van der Waals surface area contributed by atoms with Crippen molar-refractivity contribution in [3.05, 3.63) is 0 Å². The van der Waals surface area contributed by atoms with E-state index in [-0.39, 0.29) is 5.54 Å². The first-order valence-electron chi connectivity index (χ1n) is 5.20. The van der Waals surface area contributed by atoms with Crippen LogP contribution < -0.4 is 11.1 Å². The topological polar surface area (TPSA) is 38.0 Å². The van der Waals surface area contributed by atoms with E-state index in [1.807, 2.05) is 0 Å². The van der Waals surface area contributed by atoms with E-state index in [1.165, 1.54) is 32.2 Å². The first-order chi connectivity index (χ1) is 5.70. The molecule has 0 bridgehead atoms. The molecule has 2 nitrogen and oxygen atoms in total. The molecule has 0 aromatic rings. The summed E-state index contributed by atoms with van der Waals surface area (Å²) in [5.74, 6) is 1.65. The molecule has 0 spiro atoms. The van der Waals surface area contributed by atoms with Crippen molar-refractivity contribution in [2.75, 3.05) is 13.1 Å². The maximum Gasteiger partial charge on any atom is 0.0283 e. The molecule has 1 saturated heterocycles. The van der Waals surface area contributed by atoms with E-state index in [0.29, 0.717) is 0 Å². The first-order valence-corrected chi connectivity index (χ1v) is 5.20. The van der Waals surface area contributed by atoms with Gasteiger partial charge in [0.25, 0.3) is 0 Å². The van der Waals surface area contributed by atoms with Crippen LogP contribution in [0.25, 0.3) is 0 Å². The van der Waals surface area contributed by atoms with Gasteiger partial charge in [-0.2, -0.15) is 0 Å². The summed E-state index contributed by atoms with van der Waals surface area (Å²) in [5.41, 5.74) is 6.33. The van der Waals surface area contributed by atoms with Crippen LogP contribution in [0.4, 0.5) is 0 Å². The van der Waals surface area contributed by atoms with E-state index >= 15 is 0 Å². The zero-order valence-corrected chi connectivity index (χ0v) is 7.97. The molecule has 2 fully saturated rings. The van der Waals surface area contributed by atoms with Gasteiger partial charge >= 0.3 is 0 Å². The fourth-order valence-electron chi connectivity index (χ4n) is 2.98. The summed E-state index contributed by atoms with van der Waals surface area (Å²) in [7, 11) is 0. The lowest BCUT2D eigenvalue weighted by Crippen LogP contribution is -2.60. The molecule has 3 N–H and O–H groups in total. The predicted molar refractivity (Wildman–Crippen MR) is 50.9 cm³/mol. The van der Waals surface area contributed by atoms with Crippen LogP contribution >= 0.6 is 0 Å². The third kappa shape index (κ3) is 1.38. The van der Waals surface area contributed by atoms with Crippen molar-refractivity contribution < 1.29 is 0 Å². The van der Waals surface area contributed by atoms with Gasteiger partial charge in [-0.1, -0.05) is 12.8 Å². The van der Waals surface area contributed by atoms with Gasteiger partial charge < -0.3 is 11.1 Å². The van der Waals surface area contributed by atoms with Gasteiger partial charge in [0, 0.05) is 12.1 Å². The van der Waals surface area contributed by atoms with Gasteiger partial charge in [-0.05, 0) is 38.1 Å². The molecule has 0 amide bonds. The fourth-order valence-corrected chi connectivity index (χ4v) is 2.98. The SMILES string of the molecule is CC1(N)CNCC2CCCCC21. The lowest BCUT2D eigenvalue weighted by atomic mass is 9.67. The van der Waals surface area contributed by atoms with Gasteiger partial charge in [0.2, 0.25) is 0 Å². The maximum absolute atomic E-state index is 6.27. The summed E-state index contributed by atoms with van der Waals surface area (Å²) in [6.45, 7) is 4.42. The summed E-state index contributed by atoms with van der Waals surface area (Å²) < 4.78 is 0. The molecule has 2 aliphatic rings. The number of hydrogen-bond donors (Lipinski definition) is 2. The van der Waals surface area contributed by atoms with Gasteiger partial charge in [-0.25, -0.2) is 0 Å². The highest BCUT2D eigenvalue weighted by Gasteiger charge is 2.40. The van der Waals surface area contributed by atoms with Crippen LogP contribution in [0.2, 0.25) is 0 Å². The van der Waals surface area contributed by atoms with Crippen LogP contribution in [0, 0.1) is 11.8 Å². The lowest BCUT2D eigenvalue weighted by Gasteiger charge is -2.46. The Balaban J connectivity index is 2.09. The van der Waals surface area contributed by atoms with Crippen LogP contribution in [0.15, 0.2) is 0 Å². The summed E-state index contributed by atoms with van der Waals surface area (Å²) in [4.78, 5) is 0. The monoisotopic (exact) mass is 168 g/mol. The zero-order valence-electron chi connectivity index (χ0n) is 7.97. The van der Waals surface area contributed by atoms with Gasteiger partial charge in [-0.3, -0.25) is 0 Å². The normalized spacial score (nSPS) is 48.5. The Morgan fingerprint density at radius 2 is 2.08 bits per heavy atom. The Hall–Kier alpha value is -0.0800.